The quantitative estimate of drug-likeness (QED) is 0.872. The fourth-order valence-corrected chi connectivity index (χ4v) is 3.05. The van der Waals surface area contributed by atoms with Crippen molar-refractivity contribution in [3.8, 4) is 0 Å². The molecule has 0 spiro atoms. The van der Waals surface area contributed by atoms with Gasteiger partial charge in [0.15, 0.2) is 0 Å². The zero-order valence-corrected chi connectivity index (χ0v) is 14.8. The number of aromatic nitrogens is 3. The molecule has 0 aromatic carbocycles. The van der Waals surface area contributed by atoms with E-state index in [-0.39, 0.29) is 0 Å². The third-order valence-corrected chi connectivity index (χ3v) is 4.41. The number of hydrogen-bond acceptors (Lipinski definition) is 6. The summed E-state index contributed by atoms with van der Waals surface area (Å²) in [5, 5.41) is 3.39. The lowest BCUT2D eigenvalue weighted by molar-refractivity contribution is 0.224. The predicted molar refractivity (Wildman–Crippen MR) is 95.9 cm³/mol. The van der Waals surface area contributed by atoms with Crippen LogP contribution in [0.15, 0.2) is 24.7 Å². The van der Waals surface area contributed by atoms with E-state index >= 15 is 0 Å². The first-order valence-corrected chi connectivity index (χ1v) is 8.47. The summed E-state index contributed by atoms with van der Waals surface area (Å²) in [6.45, 7) is 6.97. The number of aryl methyl sites for hydroxylation is 1. The van der Waals surface area contributed by atoms with Gasteiger partial charge >= 0.3 is 0 Å². The number of anilines is 1. The molecule has 0 fully saturated rings. The minimum absolute atomic E-state index is 0.754. The molecular formula is C18H26N6. The van der Waals surface area contributed by atoms with Crippen molar-refractivity contribution in [1.29, 1.82) is 0 Å². The lowest BCUT2D eigenvalue weighted by Crippen LogP contribution is -2.36. The Balaban J connectivity index is 1.65. The van der Waals surface area contributed by atoms with Gasteiger partial charge in [-0.2, -0.15) is 0 Å². The SMILES string of the molecule is Cc1nccc(NCc2cncc3c2CCN(CCN(C)C)C3)n1. The number of nitrogens with one attached hydrogen (secondary N) is 1. The maximum atomic E-state index is 4.45. The van der Waals surface area contributed by atoms with Crippen molar-refractivity contribution >= 4 is 5.82 Å². The fraction of sp³-hybridized carbons (Fsp3) is 0.500. The van der Waals surface area contributed by atoms with Crippen LogP contribution < -0.4 is 5.32 Å². The van der Waals surface area contributed by atoms with Gasteiger partial charge in [-0.15, -0.1) is 0 Å². The second-order valence-corrected chi connectivity index (χ2v) is 6.61. The Kier molecular flexibility index (Phi) is 5.37. The van der Waals surface area contributed by atoms with Crippen molar-refractivity contribution in [3.63, 3.8) is 0 Å². The van der Waals surface area contributed by atoms with E-state index in [0.29, 0.717) is 0 Å². The monoisotopic (exact) mass is 326 g/mol. The molecule has 0 radical (unpaired) electrons. The summed E-state index contributed by atoms with van der Waals surface area (Å²) in [7, 11) is 4.25. The molecule has 1 aliphatic rings. The molecule has 1 aliphatic heterocycles. The maximum absolute atomic E-state index is 4.45. The van der Waals surface area contributed by atoms with Crippen molar-refractivity contribution in [3.05, 3.63) is 47.2 Å². The van der Waals surface area contributed by atoms with Gasteiger partial charge < -0.3 is 10.2 Å². The second kappa shape index (κ2) is 7.68. The average molecular weight is 326 g/mol. The Morgan fingerprint density at radius 3 is 2.96 bits per heavy atom. The first-order valence-electron chi connectivity index (χ1n) is 8.47. The molecule has 3 rings (SSSR count). The Morgan fingerprint density at radius 1 is 1.29 bits per heavy atom. The molecule has 2 aromatic rings. The van der Waals surface area contributed by atoms with Gasteiger partial charge in [-0.3, -0.25) is 9.88 Å². The van der Waals surface area contributed by atoms with E-state index in [0.717, 1.165) is 50.8 Å². The standard InChI is InChI=1S/C18H26N6/c1-14-20-6-4-18(22-14)21-12-15-10-19-11-16-13-24(7-5-17(15)16)9-8-23(2)3/h4,6,10-11H,5,7-9,12-13H2,1-3H3,(H,20,21,22). The van der Waals surface area contributed by atoms with Crippen LogP contribution in [-0.4, -0.2) is 58.5 Å². The second-order valence-electron chi connectivity index (χ2n) is 6.61. The van der Waals surface area contributed by atoms with Gasteiger partial charge in [-0.05, 0) is 50.2 Å². The van der Waals surface area contributed by atoms with Crippen LogP contribution in [0, 0.1) is 6.92 Å². The third kappa shape index (κ3) is 4.27. The zero-order valence-electron chi connectivity index (χ0n) is 14.8. The third-order valence-electron chi connectivity index (χ3n) is 4.41. The van der Waals surface area contributed by atoms with Crippen LogP contribution in [0.2, 0.25) is 0 Å². The highest BCUT2D eigenvalue weighted by Gasteiger charge is 2.19. The van der Waals surface area contributed by atoms with Crippen LogP contribution in [-0.2, 0) is 19.5 Å². The van der Waals surface area contributed by atoms with Gasteiger partial charge in [0.25, 0.3) is 0 Å². The van der Waals surface area contributed by atoms with Crippen molar-refractivity contribution < 1.29 is 0 Å². The summed E-state index contributed by atoms with van der Waals surface area (Å²) in [6.07, 6.45) is 6.88. The number of likely N-dealkylation sites (N-methyl/N-ethyl adjacent to an activating group) is 1. The van der Waals surface area contributed by atoms with E-state index in [9.17, 15) is 0 Å². The first kappa shape index (κ1) is 16.8. The van der Waals surface area contributed by atoms with Crippen LogP contribution >= 0.6 is 0 Å². The van der Waals surface area contributed by atoms with Gasteiger partial charge in [-0.25, -0.2) is 9.97 Å². The maximum Gasteiger partial charge on any atom is 0.129 e. The topological polar surface area (TPSA) is 57.2 Å². The number of nitrogens with zero attached hydrogens (tertiary/aromatic N) is 5. The van der Waals surface area contributed by atoms with Crippen LogP contribution in [0.5, 0.6) is 0 Å². The number of hydrogen-bond donors (Lipinski definition) is 1. The average Bonchev–Trinajstić information content (AvgIpc) is 2.58. The highest BCUT2D eigenvalue weighted by atomic mass is 15.2. The minimum Gasteiger partial charge on any atom is -0.366 e. The lowest BCUT2D eigenvalue weighted by atomic mass is 9.97. The predicted octanol–water partition coefficient (Wildman–Crippen LogP) is 1.71. The molecule has 0 aliphatic carbocycles. The van der Waals surface area contributed by atoms with Crippen LogP contribution in [0.3, 0.4) is 0 Å². The Labute approximate surface area is 143 Å². The molecule has 0 unspecified atom stereocenters. The molecule has 128 valence electrons. The molecule has 0 saturated carbocycles. The molecule has 0 bridgehead atoms. The van der Waals surface area contributed by atoms with Gasteiger partial charge in [-0.1, -0.05) is 0 Å². The summed E-state index contributed by atoms with van der Waals surface area (Å²) in [6, 6.07) is 1.90. The molecule has 0 saturated heterocycles. The Morgan fingerprint density at radius 2 is 2.17 bits per heavy atom. The highest BCUT2D eigenvalue weighted by Crippen LogP contribution is 2.22. The largest absolute Gasteiger partial charge is 0.366 e. The Hall–Kier alpha value is -2.05. The minimum atomic E-state index is 0.754. The fourth-order valence-electron chi connectivity index (χ4n) is 3.05. The van der Waals surface area contributed by atoms with Crippen LogP contribution in [0.1, 0.15) is 22.5 Å². The summed E-state index contributed by atoms with van der Waals surface area (Å²) >= 11 is 0. The van der Waals surface area contributed by atoms with Crippen molar-refractivity contribution in [2.45, 2.75) is 26.4 Å². The molecular weight excluding hydrogens is 300 g/mol. The first-order chi connectivity index (χ1) is 11.6. The molecule has 6 nitrogen and oxygen atoms in total. The van der Waals surface area contributed by atoms with E-state index in [1.165, 1.54) is 16.7 Å². The summed E-state index contributed by atoms with van der Waals surface area (Å²) in [5.74, 6) is 1.65. The molecule has 2 aromatic heterocycles. The summed E-state index contributed by atoms with van der Waals surface area (Å²) in [5.41, 5.74) is 4.08. The number of rotatable bonds is 6. The smallest absolute Gasteiger partial charge is 0.129 e. The van der Waals surface area contributed by atoms with E-state index in [1.807, 2.05) is 25.4 Å². The van der Waals surface area contributed by atoms with Gasteiger partial charge in [0, 0.05) is 51.3 Å². The Bertz CT molecular complexity index is 685. The number of fused-ring (bicyclic) bond motifs is 1. The summed E-state index contributed by atoms with van der Waals surface area (Å²) in [4.78, 5) is 17.7. The summed E-state index contributed by atoms with van der Waals surface area (Å²) < 4.78 is 0. The van der Waals surface area contributed by atoms with Crippen LogP contribution in [0.25, 0.3) is 0 Å². The van der Waals surface area contributed by atoms with Crippen molar-refractivity contribution in [2.75, 3.05) is 39.0 Å². The molecule has 1 N–H and O–H groups in total. The van der Waals surface area contributed by atoms with Gasteiger partial charge in [0.1, 0.15) is 11.6 Å². The number of pyridine rings is 1. The lowest BCUT2D eigenvalue weighted by Gasteiger charge is -2.30. The van der Waals surface area contributed by atoms with Crippen molar-refractivity contribution in [2.24, 2.45) is 0 Å². The van der Waals surface area contributed by atoms with E-state index in [2.05, 4.69) is 44.2 Å². The van der Waals surface area contributed by atoms with E-state index in [1.54, 1.807) is 6.20 Å². The van der Waals surface area contributed by atoms with Crippen molar-refractivity contribution in [1.82, 2.24) is 24.8 Å². The molecule has 0 amide bonds. The van der Waals surface area contributed by atoms with Gasteiger partial charge in [0.2, 0.25) is 0 Å². The zero-order chi connectivity index (χ0) is 16.9. The van der Waals surface area contributed by atoms with E-state index < -0.39 is 0 Å². The van der Waals surface area contributed by atoms with Crippen LogP contribution in [0.4, 0.5) is 5.82 Å². The van der Waals surface area contributed by atoms with E-state index in [4.69, 9.17) is 0 Å². The van der Waals surface area contributed by atoms with Gasteiger partial charge in [0.05, 0.1) is 0 Å². The normalized spacial score (nSPS) is 14.7. The molecule has 0 atom stereocenters. The highest BCUT2D eigenvalue weighted by molar-refractivity contribution is 5.39. The molecule has 3 heterocycles. The molecule has 24 heavy (non-hydrogen) atoms. The molecule has 6 heteroatoms.